The van der Waals surface area contributed by atoms with Crippen molar-refractivity contribution in [3.05, 3.63) is 29.8 Å². The highest BCUT2D eigenvalue weighted by atomic mass is 127. The van der Waals surface area contributed by atoms with Crippen molar-refractivity contribution in [2.24, 2.45) is 4.99 Å². The molecule has 1 unspecified atom stereocenters. The van der Waals surface area contributed by atoms with Gasteiger partial charge in [-0.1, -0.05) is 25.1 Å². The number of hydrogen-bond donors (Lipinski definition) is 1. The molecule has 0 bridgehead atoms. The molecule has 1 atom stereocenters. The van der Waals surface area contributed by atoms with Crippen molar-refractivity contribution in [3.8, 4) is 0 Å². The Kier molecular flexibility index (Phi) is 8.91. The van der Waals surface area contributed by atoms with E-state index in [-0.39, 0.29) is 24.0 Å². The van der Waals surface area contributed by atoms with Crippen LogP contribution in [-0.2, 0) is 6.42 Å². The van der Waals surface area contributed by atoms with Crippen molar-refractivity contribution in [3.63, 3.8) is 0 Å². The summed E-state index contributed by atoms with van der Waals surface area (Å²) in [6.07, 6.45) is 2.28. The minimum absolute atomic E-state index is 0. The number of likely N-dealkylation sites (N-methyl/N-ethyl adjacent to an activating group) is 1. The highest BCUT2D eigenvalue weighted by Crippen LogP contribution is 2.27. The smallest absolute Gasteiger partial charge is 0.198 e. The molecule has 1 N–H and O–H groups in total. The van der Waals surface area contributed by atoms with Crippen LogP contribution in [0.1, 0.15) is 32.8 Å². The Hall–Kier alpha value is -0.820. The highest BCUT2D eigenvalue weighted by Gasteiger charge is 2.22. The van der Waals surface area contributed by atoms with Crippen LogP contribution in [0.2, 0.25) is 0 Å². The van der Waals surface area contributed by atoms with Gasteiger partial charge in [0.15, 0.2) is 5.96 Å². The van der Waals surface area contributed by atoms with Crippen molar-refractivity contribution in [1.82, 2.24) is 10.2 Å². The number of rotatable bonds is 6. The molecule has 5 heteroatoms. The topological polar surface area (TPSA) is 30.9 Å². The first-order valence-corrected chi connectivity index (χ1v) is 8.51. The Morgan fingerprint density at radius 3 is 2.78 bits per heavy atom. The molecule has 0 amide bonds. The van der Waals surface area contributed by atoms with Gasteiger partial charge in [-0.2, -0.15) is 0 Å². The van der Waals surface area contributed by atoms with E-state index in [0.29, 0.717) is 6.04 Å². The van der Waals surface area contributed by atoms with E-state index < -0.39 is 0 Å². The molecule has 1 aliphatic heterocycles. The van der Waals surface area contributed by atoms with Crippen molar-refractivity contribution in [2.45, 2.75) is 39.7 Å². The van der Waals surface area contributed by atoms with Crippen LogP contribution in [0.4, 0.5) is 5.69 Å². The van der Waals surface area contributed by atoms with Gasteiger partial charge in [0.2, 0.25) is 0 Å². The fourth-order valence-corrected chi connectivity index (χ4v) is 2.80. The zero-order chi connectivity index (χ0) is 15.9. The van der Waals surface area contributed by atoms with Gasteiger partial charge in [-0.3, -0.25) is 4.99 Å². The van der Waals surface area contributed by atoms with Crippen LogP contribution in [0, 0.1) is 0 Å². The first-order chi connectivity index (χ1) is 10.7. The molecule has 1 aromatic rings. The first kappa shape index (κ1) is 20.2. The maximum atomic E-state index is 4.84. The number of aliphatic imine (C=N–C) groups is 1. The van der Waals surface area contributed by atoms with Crippen LogP contribution in [0.5, 0.6) is 0 Å². The SMILES string of the molecule is CCNC(=NCCN(C)C(C)CC)N1CCc2ccccc21.I. The van der Waals surface area contributed by atoms with Crippen LogP contribution in [0.25, 0.3) is 0 Å². The zero-order valence-electron chi connectivity index (χ0n) is 14.9. The number of nitrogens with one attached hydrogen (secondary N) is 1. The lowest BCUT2D eigenvalue weighted by Crippen LogP contribution is -2.41. The van der Waals surface area contributed by atoms with Crippen molar-refractivity contribution in [2.75, 3.05) is 38.1 Å². The standard InChI is InChI=1S/C18H30N4.HI/c1-5-15(3)21(4)14-12-20-18(19-6-2)22-13-11-16-9-7-8-10-17(16)22;/h7-10,15H,5-6,11-14H2,1-4H3,(H,19,20);1H. The summed E-state index contributed by atoms with van der Waals surface area (Å²) in [5.41, 5.74) is 2.72. The molecule has 1 aromatic carbocycles. The highest BCUT2D eigenvalue weighted by molar-refractivity contribution is 14.0. The number of guanidine groups is 1. The summed E-state index contributed by atoms with van der Waals surface area (Å²) in [5, 5.41) is 3.44. The van der Waals surface area contributed by atoms with E-state index in [1.807, 2.05) is 0 Å². The average Bonchev–Trinajstić information content (AvgIpc) is 2.97. The van der Waals surface area contributed by atoms with Gasteiger partial charge in [-0.05, 0) is 45.4 Å². The summed E-state index contributed by atoms with van der Waals surface area (Å²) in [6, 6.07) is 9.26. The summed E-state index contributed by atoms with van der Waals surface area (Å²) in [5.74, 6) is 1.02. The molecule has 4 nitrogen and oxygen atoms in total. The molecule has 0 aliphatic carbocycles. The van der Waals surface area contributed by atoms with E-state index >= 15 is 0 Å². The predicted molar refractivity (Wildman–Crippen MR) is 111 cm³/mol. The Balaban J connectivity index is 0.00000264. The van der Waals surface area contributed by atoms with Gasteiger partial charge in [0.1, 0.15) is 0 Å². The monoisotopic (exact) mass is 430 g/mol. The van der Waals surface area contributed by atoms with Gasteiger partial charge in [-0.15, -0.1) is 24.0 Å². The van der Waals surface area contributed by atoms with E-state index in [2.05, 4.69) is 67.2 Å². The van der Waals surface area contributed by atoms with E-state index in [0.717, 1.165) is 38.6 Å². The minimum Gasteiger partial charge on any atom is -0.356 e. The number of halogens is 1. The molecule has 0 fully saturated rings. The van der Waals surface area contributed by atoms with Crippen LogP contribution in [-0.4, -0.2) is 50.1 Å². The molecular weight excluding hydrogens is 399 g/mol. The Bertz CT molecular complexity index is 504. The molecule has 23 heavy (non-hydrogen) atoms. The molecule has 130 valence electrons. The quantitative estimate of drug-likeness (QED) is 0.427. The second kappa shape index (κ2) is 10.1. The van der Waals surface area contributed by atoms with Gasteiger partial charge in [0.25, 0.3) is 0 Å². The summed E-state index contributed by atoms with van der Waals surface area (Å²) < 4.78 is 0. The second-order valence-electron chi connectivity index (χ2n) is 6.00. The van der Waals surface area contributed by atoms with Crippen LogP contribution >= 0.6 is 24.0 Å². The molecular formula is C18H31IN4. The third-order valence-corrected chi connectivity index (χ3v) is 4.54. The number of hydrogen-bond acceptors (Lipinski definition) is 2. The molecule has 0 saturated heterocycles. The molecule has 2 rings (SSSR count). The Morgan fingerprint density at radius 2 is 2.09 bits per heavy atom. The van der Waals surface area contributed by atoms with Crippen molar-refractivity contribution >= 4 is 35.6 Å². The lowest BCUT2D eigenvalue weighted by molar-refractivity contribution is 0.259. The van der Waals surface area contributed by atoms with Crippen molar-refractivity contribution in [1.29, 1.82) is 0 Å². The number of fused-ring (bicyclic) bond motifs is 1. The summed E-state index contributed by atoms with van der Waals surface area (Å²) in [7, 11) is 2.18. The zero-order valence-corrected chi connectivity index (χ0v) is 17.2. The third-order valence-electron chi connectivity index (χ3n) is 4.54. The van der Waals surface area contributed by atoms with Gasteiger partial charge < -0.3 is 15.1 Å². The Morgan fingerprint density at radius 1 is 1.35 bits per heavy atom. The molecule has 1 aliphatic rings. The molecule has 1 heterocycles. The largest absolute Gasteiger partial charge is 0.356 e. The van der Waals surface area contributed by atoms with Gasteiger partial charge >= 0.3 is 0 Å². The van der Waals surface area contributed by atoms with Crippen LogP contribution in [0.3, 0.4) is 0 Å². The van der Waals surface area contributed by atoms with Gasteiger partial charge in [0.05, 0.1) is 6.54 Å². The number of nitrogens with zero attached hydrogens (tertiary/aromatic N) is 3. The molecule has 0 saturated carbocycles. The van der Waals surface area contributed by atoms with E-state index in [1.54, 1.807) is 0 Å². The van der Waals surface area contributed by atoms with E-state index in [4.69, 9.17) is 4.99 Å². The maximum Gasteiger partial charge on any atom is 0.198 e. The lowest BCUT2D eigenvalue weighted by atomic mass is 10.2. The summed E-state index contributed by atoms with van der Waals surface area (Å²) in [4.78, 5) is 9.54. The molecule has 0 radical (unpaired) electrons. The summed E-state index contributed by atoms with van der Waals surface area (Å²) >= 11 is 0. The van der Waals surface area contributed by atoms with E-state index in [1.165, 1.54) is 17.7 Å². The second-order valence-corrected chi connectivity index (χ2v) is 6.00. The number of para-hydroxylation sites is 1. The van der Waals surface area contributed by atoms with Crippen LogP contribution in [0.15, 0.2) is 29.3 Å². The fraction of sp³-hybridized carbons (Fsp3) is 0.611. The normalized spacial score (nSPS) is 15.3. The predicted octanol–water partition coefficient (Wildman–Crippen LogP) is 3.36. The van der Waals surface area contributed by atoms with Gasteiger partial charge in [-0.25, -0.2) is 0 Å². The van der Waals surface area contributed by atoms with E-state index in [9.17, 15) is 0 Å². The lowest BCUT2D eigenvalue weighted by Gasteiger charge is -2.24. The average molecular weight is 430 g/mol. The van der Waals surface area contributed by atoms with Crippen LogP contribution < -0.4 is 10.2 Å². The maximum absolute atomic E-state index is 4.84. The van der Waals surface area contributed by atoms with Crippen molar-refractivity contribution < 1.29 is 0 Å². The Labute approximate surface area is 158 Å². The molecule has 0 aromatic heterocycles. The molecule has 0 spiro atoms. The summed E-state index contributed by atoms with van der Waals surface area (Å²) in [6.45, 7) is 10.4. The number of benzene rings is 1. The minimum atomic E-state index is 0. The fourth-order valence-electron chi connectivity index (χ4n) is 2.80. The van der Waals surface area contributed by atoms with Gasteiger partial charge in [0, 0.05) is 31.4 Å². The first-order valence-electron chi connectivity index (χ1n) is 8.51. The third kappa shape index (κ3) is 5.35. The number of anilines is 1.